The number of thiophene rings is 2. The number of quaternary nitrogens is 1. The molecule has 1 unspecified atom stereocenters. The summed E-state index contributed by atoms with van der Waals surface area (Å²) in [5.74, 6) is 0.754. The highest BCUT2D eigenvalue weighted by atomic mass is 32.1. The van der Waals surface area contributed by atoms with Crippen molar-refractivity contribution in [1.29, 1.82) is 0 Å². The first-order valence-corrected chi connectivity index (χ1v) is 14.0. The predicted octanol–water partition coefficient (Wildman–Crippen LogP) is 6.14. The third-order valence-electron chi connectivity index (χ3n) is 6.69. The molecule has 38 heavy (non-hydrogen) atoms. The number of imide groups is 1. The highest BCUT2D eigenvalue weighted by molar-refractivity contribution is 7.12. The molecule has 6 rings (SSSR count). The Labute approximate surface area is 227 Å². The Balaban J connectivity index is 1.61. The summed E-state index contributed by atoms with van der Waals surface area (Å²) in [6, 6.07) is 19.5. The van der Waals surface area contributed by atoms with Crippen LogP contribution in [0.5, 0.6) is 11.5 Å². The SMILES string of the molecule is CC(C)c1ccc2c(c1)C(=C1Oc3ccccc3C1[NH+](C(=O)c1cccs1)C(=O)c1cccs1)C=C(O)O2. The van der Waals surface area contributed by atoms with E-state index in [2.05, 4.69) is 13.8 Å². The van der Waals surface area contributed by atoms with E-state index in [1.165, 1.54) is 28.7 Å². The molecular formula is C30H24NO5S2+. The van der Waals surface area contributed by atoms with Gasteiger partial charge in [-0.05, 0) is 58.6 Å². The maximum atomic E-state index is 14.0. The van der Waals surface area contributed by atoms with Gasteiger partial charge in [0, 0.05) is 17.2 Å². The van der Waals surface area contributed by atoms with E-state index in [0.717, 1.165) is 16.7 Å². The molecule has 8 heteroatoms. The van der Waals surface area contributed by atoms with Crippen molar-refractivity contribution in [3.63, 3.8) is 0 Å². The van der Waals surface area contributed by atoms with Gasteiger partial charge in [0.15, 0.2) is 11.8 Å². The molecule has 0 aliphatic carbocycles. The van der Waals surface area contributed by atoms with Gasteiger partial charge in [-0.25, -0.2) is 9.59 Å². The molecule has 2 aliphatic rings. The summed E-state index contributed by atoms with van der Waals surface area (Å²) in [7, 11) is 0. The van der Waals surface area contributed by atoms with E-state index >= 15 is 0 Å². The lowest BCUT2D eigenvalue weighted by atomic mass is 9.92. The van der Waals surface area contributed by atoms with Gasteiger partial charge in [0.1, 0.15) is 21.3 Å². The van der Waals surface area contributed by atoms with Crippen molar-refractivity contribution in [2.45, 2.75) is 25.8 Å². The molecule has 2 N–H and O–H groups in total. The molecule has 6 nitrogen and oxygen atoms in total. The summed E-state index contributed by atoms with van der Waals surface area (Å²) < 4.78 is 12.1. The largest absolute Gasteiger partial charge is 0.481 e. The number of aliphatic hydroxyl groups excluding tert-OH is 1. The predicted molar refractivity (Wildman–Crippen MR) is 147 cm³/mol. The van der Waals surface area contributed by atoms with Gasteiger partial charge in [-0.2, -0.15) is 4.90 Å². The number of para-hydroxylation sites is 1. The number of rotatable bonds is 4. The van der Waals surface area contributed by atoms with Crippen molar-refractivity contribution in [2.75, 3.05) is 0 Å². The van der Waals surface area contributed by atoms with Gasteiger partial charge in [-0.15, -0.1) is 22.7 Å². The molecule has 2 aromatic carbocycles. The first-order valence-electron chi connectivity index (χ1n) is 12.2. The van der Waals surface area contributed by atoms with Crippen LogP contribution < -0.4 is 14.4 Å². The van der Waals surface area contributed by atoms with Gasteiger partial charge in [0.2, 0.25) is 0 Å². The number of fused-ring (bicyclic) bond motifs is 2. The van der Waals surface area contributed by atoms with Crippen molar-refractivity contribution < 1.29 is 29.1 Å². The lowest BCUT2D eigenvalue weighted by Crippen LogP contribution is -3.17. The number of hydrogen-bond donors (Lipinski definition) is 2. The summed E-state index contributed by atoms with van der Waals surface area (Å²) >= 11 is 2.59. The average molecular weight is 543 g/mol. The number of benzene rings is 2. The molecule has 0 saturated carbocycles. The fourth-order valence-corrected chi connectivity index (χ4v) is 6.18. The first kappa shape index (κ1) is 24.4. The standard InChI is InChI=1S/C30H23NO5S2/c1-17(2)18-11-12-23-20(15-18)21(16-26(32)35-23)28-27(19-7-3-4-8-22(19)36-28)31(29(33)24-9-5-13-37-24)30(34)25-10-6-14-38-25/h3-17,27,32H,1-2H3/p+1. The van der Waals surface area contributed by atoms with Crippen LogP contribution in [0.4, 0.5) is 0 Å². The van der Waals surface area contributed by atoms with Gasteiger partial charge in [-0.1, -0.05) is 44.2 Å². The third-order valence-corrected chi connectivity index (χ3v) is 8.43. The minimum absolute atomic E-state index is 0.114. The Kier molecular flexibility index (Phi) is 6.23. The maximum Gasteiger partial charge on any atom is 0.362 e. The Bertz CT molecular complexity index is 1550. The Hall–Kier alpha value is -3.98. The number of hydrogen-bond acceptors (Lipinski definition) is 7. The van der Waals surface area contributed by atoms with Crippen LogP contribution in [-0.4, -0.2) is 16.9 Å². The minimum atomic E-state index is -0.775. The van der Waals surface area contributed by atoms with Gasteiger partial charge >= 0.3 is 11.8 Å². The molecule has 2 aromatic heterocycles. The van der Waals surface area contributed by atoms with Crippen LogP contribution in [0.25, 0.3) is 5.57 Å². The van der Waals surface area contributed by atoms with Gasteiger partial charge in [0.05, 0.1) is 5.56 Å². The zero-order chi connectivity index (χ0) is 26.4. The number of allylic oxidation sites excluding steroid dienone is 2. The van der Waals surface area contributed by atoms with E-state index in [4.69, 9.17) is 9.47 Å². The maximum absolute atomic E-state index is 14.0. The molecule has 0 saturated heterocycles. The van der Waals surface area contributed by atoms with Crippen LogP contribution in [0.2, 0.25) is 0 Å². The summed E-state index contributed by atoms with van der Waals surface area (Å²) in [6.45, 7) is 4.20. The number of ether oxygens (including phenoxy) is 2. The number of amides is 2. The van der Waals surface area contributed by atoms with E-state index < -0.39 is 6.04 Å². The lowest BCUT2D eigenvalue weighted by Gasteiger charge is -2.24. The second kappa shape index (κ2) is 9.72. The molecule has 0 radical (unpaired) electrons. The van der Waals surface area contributed by atoms with E-state index in [0.29, 0.717) is 32.6 Å². The van der Waals surface area contributed by atoms with Crippen molar-refractivity contribution in [2.24, 2.45) is 0 Å². The van der Waals surface area contributed by atoms with Crippen LogP contribution in [-0.2, 0) is 0 Å². The smallest absolute Gasteiger partial charge is 0.362 e. The first-order chi connectivity index (χ1) is 18.4. The molecule has 2 aliphatic heterocycles. The number of nitrogens with one attached hydrogen (secondary N) is 1. The zero-order valence-corrected chi connectivity index (χ0v) is 22.3. The normalized spacial score (nSPS) is 18.0. The number of aliphatic hydroxyl groups is 1. The van der Waals surface area contributed by atoms with E-state index in [-0.39, 0.29) is 28.6 Å². The molecule has 4 aromatic rings. The Morgan fingerprint density at radius 2 is 1.55 bits per heavy atom. The van der Waals surface area contributed by atoms with E-state index in [9.17, 15) is 14.7 Å². The second-order valence-electron chi connectivity index (χ2n) is 9.37. The number of carbonyl (C=O) groups excluding carboxylic acids is 2. The van der Waals surface area contributed by atoms with Gasteiger partial charge in [-0.3, -0.25) is 0 Å². The fraction of sp³-hybridized carbons (Fsp3) is 0.133. The zero-order valence-electron chi connectivity index (χ0n) is 20.6. The van der Waals surface area contributed by atoms with Gasteiger partial charge < -0.3 is 14.6 Å². The van der Waals surface area contributed by atoms with Crippen molar-refractivity contribution >= 4 is 40.1 Å². The Morgan fingerprint density at radius 1 is 0.868 bits per heavy atom. The van der Waals surface area contributed by atoms with Crippen LogP contribution in [0.1, 0.15) is 61.8 Å². The van der Waals surface area contributed by atoms with Crippen LogP contribution >= 0.6 is 22.7 Å². The van der Waals surface area contributed by atoms with Crippen LogP contribution in [0.3, 0.4) is 0 Å². The molecule has 1 atom stereocenters. The molecule has 0 spiro atoms. The highest BCUT2D eigenvalue weighted by Crippen LogP contribution is 2.45. The Morgan fingerprint density at radius 3 is 2.18 bits per heavy atom. The average Bonchev–Trinajstić information content (AvgIpc) is 3.70. The van der Waals surface area contributed by atoms with E-state index in [1.807, 2.05) is 53.2 Å². The molecule has 2 amide bonds. The summed E-state index contributed by atoms with van der Waals surface area (Å²) in [5, 5.41) is 14.2. The second-order valence-corrected chi connectivity index (χ2v) is 11.3. The third kappa shape index (κ3) is 4.16. The van der Waals surface area contributed by atoms with E-state index in [1.54, 1.807) is 24.3 Å². The van der Waals surface area contributed by atoms with Crippen molar-refractivity contribution in [3.8, 4) is 11.5 Å². The highest BCUT2D eigenvalue weighted by Gasteiger charge is 2.48. The molecule has 0 bridgehead atoms. The molecule has 190 valence electrons. The molecule has 4 heterocycles. The topological polar surface area (TPSA) is 77.3 Å². The fourth-order valence-electron chi connectivity index (χ4n) is 4.83. The van der Waals surface area contributed by atoms with Crippen molar-refractivity contribution in [3.05, 3.63) is 122 Å². The number of carbonyl (C=O) groups is 2. The molecule has 0 fully saturated rings. The minimum Gasteiger partial charge on any atom is -0.481 e. The monoisotopic (exact) mass is 542 g/mol. The summed E-state index contributed by atoms with van der Waals surface area (Å²) in [4.78, 5) is 29.1. The summed E-state index contributed by atoms with van der Waals surface area (Å²) in [5.41, 5.74) is 3.11. The van der Waals surface area contributed by atoms with Crippen LogP contribution in [0.15, 0.2) is 95.3 Å². The quantitative estimate of drug-likeness (QED) is 0.303. The lowest BCUT2D eigenvalue weighted by molar-refractivity contribution is -0.754. The summed E-state index contributed by atoms with van der Waals surface area (Å²) in [6.07, 6.45) is 1.50. The molecular weight excluding hydrogens is 518 g/mol. The van der Waals surface area contributed by atoms with Crippen LogP contribution in [0, 0.1) is 0 Å². The van der Waals surface area contributed by atoms with Gasteiger partial charge in [0.25, 0.3) is 5.95 Å². The van der Waals surface area contributed by atoms with Crippen molar-refractivity contribution in [1.82, 2.24) is 0 Å².